The van der Waals surface area contributed by atoms with Crippen molar-refractivity contribution in [2.45, 2.75) is 31.8 Å². The molecule has 2 atom stereocenters. The first-order valence-electron chi connectivity index (χ1n) is 6.36. The minimum atomic E-state index is 0. The van der Waals surface area contributed by atoms with Crippen molar-refractivity contribution in [1.82, 2.24) is 10.6 Å². The molecule has 2 N–H and O–H groups in total. The van der Waals surface area contributed by atoms with Gasteiger partial charge in [-0.15, -0.1) is 24.0 Å². The molecule has 2 aliphatic carbocycles. The van der Waals surface area contributed by atoms with E-state index in [0.717, 1.165) is 23.6 Å². The Hall–Kier alpha value is -0.720. The summed E-state index contributed by atoms with van der Waals surface area (Å²) in [5, 5.41) is 6.74. The van der Waals surface area contributed by atoms with E-state index in [1.807, 2.05) is 19.2 Å². The minimum Gasteiger partial charge on any atom is -0.467 e. The molecule has 0 spiro atoms. The lowest BCUT2D eigenvalue weighted by atomic mass is 10.3. The summed E-state index contributed by atoms with van der Waals surface area (Å²) in [4.78, 5) is 4.23. The number of nitrogens with zero attached hydrogens (tertiary/aromatic N) is 1. The number of halogens is 1. The van der Waals surface area contributed by atoms with E-state index in [1.165, 1.54) is 19.3 Å². The molecule has 18 heavy (non-hydrogen) atoms. The Morgan fingerprint density at radius 1 is 1.50 bits per heavy atom. The van der Waals surface area contributed by atoms with Crippen LogP contribution in [-0.4, -0.2) is 19.0 Å². The molecule has 0 aromatic carbocycles. The highest BCUT2D eigenvalue weighted by Crippen LogP contribution is 2.49. The fraction of sp³-hybridized carbons (Fsp3) is 0.615. The van der Waals surface area contributed by atoms with Gasteiger partial charge in [-0.1, -0.05) is 0 Å². The molecule has 0 saturated heterocycles. The third-order valence-electron chi connectivity index (χ3n) is 3.62. The fourth-order valence-corrected chi connectivity index (χ4v) is 2.38. The molecule has 0 aliphatic heterocycles. The molecule has 0 amide bonds. The third-order valence-corrected chi connectivity index (χ3v) is 3.62. The Morgan fingerprint density at radius 3 is 2.94 bits per heavy atom. The highest BCUT2D eigenvalue weighted by molar-refractivity contribution is 14.0. The van der Waals surface area contributed by atoms with Gasteiger partial charge >= 0.3 is 0 Å². The largest absolute Gasteiger partial charge is 0.467 e. The number of furan rings is 1. The number of guanidine groups is 1. The van der Waals surface area contributed by atoms with Crippen LogP contribution in [0, 0.1) is 11.8 Å². The molecule has 2 aliphatic rings. The molecule has 1 aromatic rings. The van der Waals surface area contributed by atoms with Crippen LogP contribution in [0.1, 0.15) is 25.0 Å². The van der Waals surface area contributed by atoms with Gasteiger partial charge in [-0.3, -0.25) is 4.99 Å². The van der Waals surface area contributed by atoms with E-state index in [4.69, 9.17) is 4.42 Å². The molecule has 2 fully saturated rings. The van der Waals surface area contributed by atoms with Gasteiger partial charge in [0, 0.05) is 13.1 Å². The molecule has 0 bridgehead atoms. The summed E-state index contributed by atoms with van der Waals surface area (Å²) in [5.41, 5.74) is 0. The molecule has 0 radical (unpaired) electrons. The lowest BCUT2D eigenvalue weighted by Gasteiger charge is -2.10. The van der Waals surface area contributed by atoms with Crippen molar-refractivity contribution in [1.29, 1.82) is 0 Å². The Bertz CT molecular complexity index is 400. The first kappa shape index (κ1) is 13.7. The Labute approximate surface area is 125 Å². The second kappa shape index (κ2) is 5.95. The van der Waals surface area contributed by atoms with Crippen LogP contribution in [0.4, 0.5) is 0 Å². The van der Waals surface area contributed by atoms with Crippen molar-refractivity contribution in [3.05, 3.63) is 24.2 Å². The predicted molar refractivity (Wildman–Crippen MR) is 82.1 cm³/mol. The van der Waals surface area contributed by atoms with Gasteiger partial charge < -0.3 is 15.1 Å². The second-order valence-electron chi connectivity index (χ2n) is 4.99. The summed E-state index contributed by atoms with van der Waals surface area (Å²) in [6.07, 6.45) is 5.87. The quantitative estimate of drug-likeness (QED) is 0.492. The standard InChI is InChI=1S/C13H19N3O.HI/c1-14-13(15-8-10-3-2-6-17-10)16-12-7-11(12)9-4-5-9;/h2-3,6,9,11-12H,4-5,7-8H2,1H3,(H2,14,15,16);1H/t11-,12+;/m0./s1. The topological polar surface area (TPSA) is 49.6 Å². The van der Waals surface area contributed by atoms with Crippen LogP contribution in [0.25, 0.3) is 0 Å². The van der Waals surface area contributed by atoms with Gasteiger partial charge in [0.25, 0.3) is 0 Å². The van der Waals surface area contributed by atoms with Crippen molar-refractivity contribution in [3.8, 4) is 0 Å². The number of hydrogen-bond donors (Lipinski definition) is 2. The maximum Gasteiger partial charge on any atom is 0.191 e. The number of aliphatic imine (C=N–C) groups is 1. The minimum absolute atomic E-state index is 0. The molecule has 100 valence electrons. The number of hydrogen-bond acceptors (Lipinski definition) is 2. The maximum absolute atomic E-state index is 5.27. The summed E-state index contributed by atoms with van der Waals surface area (Å²) in [5.74, 6) is 3.71. The number of nitrogens with one attached hydrogen (secondary N) is 2. The Balaban J connectivity index is 0.00000120. The maximum atomic E-state index is 5.27. The van der Waals surface area contributed by atoms with Crippen molar-refractivity contribution in [2.75, 3.05) is 7.05 Å². The van der Waals surface area contributed by atoms with Gasteiger partial charge in [0.05, 0.1) is 12.8 Å². The Kier molecular flexibility index (Phi) is 4.53. The highest BCUT2D eigenvalue weighted by Gasteiger charge is 2.47. The lowest BCUT2D eigenvalue weighted by molar-refractivity contribution is 0.501. The van der Waals surface area contributed by atoms with Crippen molar-refractivity contribution >= 4 is 29.9 Å². The lowest BCUT2D eigenvalue weighted by Crippen LogP contribution is -2.38. The zero-order chi connectivity index (χ0) is 11.7. The van der Waals surface area contributed by atoms with Crippen molar-refractivity contribution in [3.63, 3.8) is 0 Å². The van der Waals surface area contributed by atoms with E-state index in [0.29, 0.717) is 12.6 Å². The van der Waals surface area contributed by atoms with Crippen molar-refractivity contribution < 1.29 is 4.42 Å². The van der Waals surface area contributed by atoms with Gasteiger partial charge in [-0.25, -0.2) is 0 Å². The van der Waals surface area contributed by atoms with E-state index in [2.05, 4.69) is 15.6 Å². The average molecular weight is 361 g/mol. The highest BCUT2D eigenvalue weighted by atomic mass is 127. The third kappa shape index (κ3) is 3.40. The second-order valence-corrected chi connectivity index (χ2v) is 4.99. The summed E-state index contributed by atoms with van der Waals surface area (Å²) in [6.45, 7) is 0.688. The number of rotatable bonds is 4. The first-order valence-corrected chi connectivity index (χ1v) is 6.36. The van der Waals surface area contributed by atoms with Crippen LogP contribution in [0.5, 0.6) is 0 Å². The van der Waals surface area contributed by atoms with Gasteiger partial charge in [-0.05, 0) is 43.2 Å². The van der Waals surface area contributed by atoms with E-state index < -0.39 is 0 Å². The van der Waals surface area contributed by atoms with Crippen LogP contribution < -0.4 is 10.6 Å². The van der Waals surface area contributed by atoms with E-state index in [1.54, 1.807) is 6.26 Å². The first-order chi connectivity index (χ1) is 8.36. The van der Waals surface area contributed by atoms with E-state index in [-0.39, 0.29) is 24.0 Å². The average Bonchev–Trinajstić information content (AvgIpc) is 3.24. The van der Waals surface area contributed by atoms with Crippen molar-refractivity contribution in [2.24, 2.45) is 16.8 Å². The summed E-state index contributed by atoms with van der Waals surface area (Å²) < 4.78 is 5.27. The molecular weight excluding hydrogens is 341 g/mol. The molecule has 1 aromatic heterocycles. The van der Waals surface area contributed by atoms with Crippen LogP contribution in [0.2, 0.25) is 0 Å². The fourth-order valence-electron chi connectivity index (χ4n) is 2.38. The van der Waals surface area contributed by atoms with Crippen LogP contribution in [0.3, 0.4) is 0 Å². The molecule has 4 nitrogen and oxygen atoms in total. The molecule has 3 rings (SSSR count). The predicted octanol–water partition coefficient (Wildman–Crippen LogP) is 2.36. The molecular formula is C13H20IN3O. The van der Waals surface area contributed by atoms with Gasteiger partial charge in [0.2, 0.25) is 0 Å². The normalized spacial score (nSPS) is 26.4. The monoisotopic (exact) mass is 361 g/mol. The molecule has 5 heteroatoms. The van der Waals surface area contributed by atoms with Gasteiger partial charge in [0.1, 0.15) is 5.76 Å². The zero-order valence-corrected chi connectivity index (χ0v) is 12.9. The van der Waals surface area contributed by atoms with Crippen LogP contribution >= 0.6 is 24.0 Å². The smallest absolute Gasteiger partial charge is 0.191 e. The molecule has 2 saturated carbocycles. The van der Waals surface area contributed by atoms with Gasteiger partial charge in [-0.2, -0.15) is 0 Å². The summed E-state index contributed by atoms with van der Waals surface area (Å²) in [6, 6.07) is 4.51. The van der Waals surface area contributed by atoms with Gasteiger partial charge in [0.15, 0.2) is 5.96 Å². The van der Waals surface area contributed by atoms with E-state index >= 15 is 0 Å². The van der Waals surface area contributed by atoms with Crippen LogP contribution in [-0.2, 0) is 6.54 Å². The summed E-state index contributed by atoms with van der Waals surface area (Å²) in [7, 11) is 1.81. The summed E-state index contributed by atoms with van der Waals surface area (Å²) >= 11 is 0. The molecule has 1 heterocycles. The SMILES string of the molecule is CN=C(NCc1ccco1)N[C@@H]1C[C@H]1C1CC1.I. The zero-order valence-electron chi connectivity index (χ0n) is 10.6. The van der Waals surface area contributed by atoms with Crippen LogP contribution in [0.15, 0.2) is 27.8 Å². The Morgan fingerprint density at radius 2 is 2.33 bits per heavy atom. The molecule has 0 unspecified atom stereocenters. The van der Waals surface area contributed by atoms with E-state index in [9.17, 15) is 0 Å².